The normalized spacial score (nSPS) is 15.2. The SMILES string of the molecule is CC=CC(C)(C)C(CC)B(O)O. The van der Waals surface area contributed by atoms with E-state index >= 15 is 0 Å². The van der Waals surface area contributed by atoms with E-state index in [4.69, 9.17) is 10.0 Å². The van der Waals surface area contributed by atoms with E-state index in [0.29, 0.717) is 0 Å². The molecule has 0 rings (SSSR count). The minimum Gasteiger partial charge on any atom is -0.427 e. The van der Waals surface area contributed by atoms with Gasteiger partial charge in [-0.25, -0.2) is 0 Å². The Morgan fingerprint density at radius 1 is 1.42 bits per heavy atom. The quantitative estimate of drug-likeness (QED) is 0.499. The van der Waals surface area contributed by atoms with Gasteiger partial charge in [0.2, 0.25) is 0 Å². The van der Waals surface area contributed by atoms with Crippen molar-refractivity contribution < 1.29 is 10.0 Å². The number of hydrogen-bond acceptors (Lipinski definition) is 2. The van der Waals surface area contributed by atoms with Crippen molar-refractivity contribution in [1.82, 2.24) is 0 Å². The summed E-state index contributed by atoms with van der Waals surface area (Å²) in [5, 5.41) is 18.2. The van der Waals surface area contributed by atoms with Gasteiger partial charge >= 0.3 is 7.12 Å². The molecule has 0 fully saturated rings. The highest BCUT2D eigenvalue weighted by atomic mass is 16.4. The van der Waals surface area contributed by atoms with Crippen molar-refractivity contribution in [2.45, 2.75) is 39.9 Å². The van der Waals surface area contributed by atoms with E-state index in [1.165, 1.54) is 0 Å². The van der Waals surface area contributed by atoms with Crippen LogP contribution in [0.15, 0.2) is 12.2 Å². The van der Waals surface area contributed by atoms with Gasteiger partial charge in [-0.15, -0.1) is 0 Å². The molecule has 0 aromatic heterocycles. The molecule has 0 saturated heterocycles. The Hall–Kier alpha value is -0.275. The largest absolute Gasteiger partial charge is 0.455 e. The maximum atomic E-state index is 9.10. The highest BCUT2D eigenvalue weighted by molar-refractivity contribution is 6.43. The zero-order chi connectivity index (χ0) is 9.78. The predicted octanol–water partition coefficient (Wildman–Crippen LogP) is 1.84. The summed E-state index contributed by atoms with van der Waals surface area (Å²) in [6.07, 6.45) is 4.74. The standard InChI is InChI=1S/C9H19BO2/c1-5-7-9(3,4)8(6-2)10(11)12/h5,7-8,11-12H,6H2,1-4H3. The van der Waals surface area contributed by atoms with Gasteiger partial charge in [0.15, 0.2) is 0 Å². The van der Waals surface area contributed by atoms with Crippen molar-refractivity contribution in [2.75, 3.05) is 0 Å². The Balaban J connectivity index is 4.47. The van der Waals surface area contributed by atoms with Gasteiger partial charge < -0.3 is 10.0 Å². The molecular formula is C9H19BO2. The first-order chi connectivity index (χ1) is 5.45. The van der Waals surface area contributed by atoms with E-state index in [1.807, 2.05) is 39.8 Å². The molecule has 0 aliphatic carbocycles. The van der Waals surface area contributed by atoms with Crippen LogP contribution in [0.25, 0.3) is 0 Å². The summed E-state index contributed by atoms with van der Waals surface area (Å²) in [6.45, 7) is 7.94. The maximum Gasteiger partial charge on any atom is 0.455 e. The molecule has 0 bridgehead atoms. The van der Waals surface area contributed by atoms with Crippen LogP contribution in [0.3, 0.4) is 0 Å². The fourth-order valence-electron chi connectivity index (χ4n) is 1.67. The third kappa shape index (κ3) is 2.99. The van der Waals surface area contributed by atoms with Crippen molar-refractivity contribution in [3.63, 3.8) is 0 Å². The highest BCUT2D eigenvalue weighted by Gasteiger charge is 2.34. The summed E-state index contributed by atoms with van der Waals surface area (Å²) < 4.78 is 0. The zero-order valence-electron chi connectivity index (χ0n) is 8.41. The van der Waals surface area contributed by atoms with Crippen molar-refractivity contribution in [1.29, 1.82) is 0 Å². The molecule has 0 saturated carbocycles. The minimum atomic E-state index is -1.22. The summed E-state index contributed by atoms with van der Waals surface area (Å²) in [5.41, 5.74) is -0.141. The lowest BCUT2D eigenvalue weighted by molar-refractivity contribution is 0.315. The fourth-order valence-corrected chi connectivity index (χ4v) is 1.67. The van der Waals surface area contributed by atoms with Crippen LogP contribution in [0.2, 0.25) is 5.82 Å². The third-order valence-corrected chi connectivity index (χ3v) is 2.35. The highest BCUT2D eigenvalue weighted by Crippen LogP contribution is 2.36. The van der Waals surface area contributed by atoms with Gasteiger partial charge in [0.1, 0.15) is 0 Å². The van der Waals surface area contributed by atoms with Crippen LogP contribution in [0, 0.1) is 5.41 Å². The van der Waals surface area contributed by atoms with Crippen molar-refractivity contribution in [3.8, 4) is 0 Å². The number of rotatable bonds is 4. The molecule has 0 aliphatic heterocycles. The maximum absolute atomic E-state index is 9.10. The molecule has 0 aromatic rings. The van der Waals surface area contributed by atoms with E-state index in [1.54, 1.807) is 0 Å². The van der Waals surface area contributed by atoms with Crippen LogP contribution >= 0.6 is 0 Å². The summed E-state index contributed by atoms with van der Waals surface area (Å²) in [5.74, 6) is -0.0892. The van der Waals surface area contributed by atoms with Crippen molar-refractivity contribution >= 4 is 7.12 Å². The van der Waals surface area contributed by atoms with E-state index in [-0.39, 0.29) is 11.2 Å². The average Bonchev–Trinajstić information content (AvgIpc) is 1.86. The lowest BCUT2D eigenvalue weighted by atomic mass is 9.58. The van der Waals surface area contributed by atoms with Gasteiger partial charge in [-0.05, 0) is 12.3 Å². The van der Waals surface area contributed by atoms with Crippen molar-refractivity contribution in [3.05, 3.63) is 12.2 Å². The molecule has 0 aromatic carbocycles. The molecule has 0 amide bonds. The summed E-state index contributed by atoms with van der Waals surface area (Å²) in [6, 6.07) is 0. The molecule has 0 heterocycles. The Kier molecular flexibility index (Phi) is 4.57. The molecule has 3 heteroatoms. The second-order valence-electron chi connectivity index (χ2n) is 3.75. The molecule has 2 N–H and O–H groups in total. The molecule has 0 spiro atoms. The van der Waals surface area contributed by atoms with E-state index < -0.39 is 7.12 Å². The van der Waals surface area contributed by atoms with Gasteiger partial charge in [0, 0.05) is 5.82 Å². The zero-order valence-corrected chi connectivity index (χ0v) is 8.41. The van der Waals surface area contributed by atoms with E-state index in [0.717, 1.165) is 6.42 Å². The van der Waals surface area contributed by atoms with Crippen LogP contribution in [-0.2, 0) is 0 Å². The van der Waals surface area contributed by atoms with Crippen molar-refractivity contribution in [2.24, 2.45) is 5.41 Å². The summed E-state index contributed by atoms with van der Waals surface area (Å²) >= 11 is 0. The Labute approximate surface area is 75.5 Å². The predicted molar refractivity (Wildman–Crippen MR) is 52.8 cm³/mol. The smallest absolute Gasteiger partial charge is 0.427 e. The second-order valence-corrected chi connectivity index (χ2v) is 3.75. The van der Waals surface area contributed by atoms with Gasteiger partial charge in [-0.2, -0.15) is 0 Å². The molecule has 1 atom stereocenters. The Morgan fingerprint density at radius 3 is 2.17 bits per heavy atom. The monoisotopic (exact) mass is 170 g/mol. The van der Waals surface area contributed by atoms with Gasteiger partial charge in [-0.1, -0.05) is 39.3 Å². The fraction of sp³-hybridized carbons (Fsp3) is 0.778. The Morgan fingerprint density at radius 2 is 1.92 bits per heavy atom. The minimum absolute atomic E-state index is 0.0892. The lowest BCUT2D eigenvalue weighted by Gasteiger charge is -2.30. The molecule has 2 nitrogen and oxygen atoms in total. The summed E-state index contributed by atoms with van der Waals surface area (Å²) in [7, 11) is -1.22. The van der Waals surface area contributed by atoms with E-state index in [9.17, 15) is 0 Å². The molecule has 0 aliphatic rings. The summed E-state index contributed by atoms with van der Waals surface area (Å²) in [4.78, 5) is 0. The molecule has 12 heavy (non-hydrogen) atoms. The molecular weight excluding hydrogens is 151 g/mol. The third-order valence-electron chi connectivity index (χ3n) is 2.35. The van der Waals surface area contributed by atoms with Gasteiger partial charge in [-0.3, -0.25) is 0 Å². The molecule has 0 radical (unpaired) electrons. The Bertz CT molecular complexity index is 153. The molecule has 1 unspecified atom stereocenters. The first-order valence-corrected chi connectivity index (χ1v) is 4.45. The first-order valence-electron chi connectivity index (χ1n) is 4.45. The van der Waals surface area contributed by atoms with Crippen LogP contribution in [-0.4, -0.2) is 17.2 Å². The lowest BCUT2D eigenvalue weighted by Crippen LogP contribution is -2.31. The first kappa shape index (κ1) is 11.7. The van der Waals surface area contributed by atoms with Gasteiger partial charge in [0.25, 0.3) is 0 Å². The number of hydrogen-bond donors (Lipinski definition) is 2. The van der Waals surface area contributed by atoms with Crippen LogP contribution in [0.1, 0.15) is 34.1 Å². The van der Waals surface area contributed by atoms with Crippen LogP contribution in [0.4, 0.5) is 0 Å². The van der Waals surface area contributed by atoms with E-state index in [2.05, 4.69) is 0 Å². The molecule has 70 valence electrons. The van der Waals surface area contributed by atoms with Crippen LogP contribution < -0.4 is 0 Å². The average molecular weight is 170 g/mol. The second kappa shape index (κ2) is 4.68. The van der Waals surface area contributed by atoms with Gasteiger partial charge in [0.05, 0.1) is 0 Å². The van der Waals surface area contributed by atoms with Crippen LogP contribution in [0.5, 0.6) is 0 Å². The number of allylic oxidation sites excluding steroid dienone is 2. The topological polar surface area (TPSA) is 40.5 Å².